The number of rotatable bonds is 5. The minimum atomic E-state index is 0. The Morgan fingerprint density at radius 2 is 2.31 bits per heavy atom. The second-order valence-corrected chi connectivity index (χ2v) is 3.51. The highest BCUT2D eigenvalue weighted by Gasteiger charge is 2.14. The van der Waals surface area contributed by atoms with Crippen molar-refractivity contribution in [2.24, 2.45) is 4.99 Å². The maximum Gasteiger partial charge on any atom is 0.191 e. The summed E-state index contributed by atoms with van der Waals surface area (Å²) in [5, 5.41) is 14.8. The Balaban J connectivity index is 0.00000225. The molecule has 3 N–H and O–H groups in total. The molecule has 1 fully saturated rings. The smallest absolute Gasteiger partial charge is 0.191 e. The zero-order valence-corrected chi connectivity index (χ0v) is 12.1. The van der Waals surface area contributed by atoms with Crippen LogP contribution in [-0.2, 0) is 4.74 Å². The van der Waals surface area contributed by atoms with E-state index in [1.165, 1.54) is 0 Å². The molecule has 0 aromatic carbocycles. The van der Waals surface area contributed by atoms with E-state index in [0.717, 1.165) is 32.0 Å². The van der Waals surface area contributed by atoms with Crippen molar-refractivity contribution in [1.82, 2.24) is 10.6 Å². The van der Waals surface area contributed by atoms with Gasteiger partial charge in [-0.15, -0.1) is 24.0 Å². The third-order valence-corrected chi connectivity index (χ3v) is 2.23. The maximum absolute atomic E-state index is 8.69. The third kappa shape index (κ3) is 6.49. The van der Waals surface area contributed by atoms with Gasteiger partial charge >= 0.3 is 0 Å². The first-order chi connectivity index (χ1) is 7.36. The largest absolute Gasteiger partial charge is 0.395 e. The Labute approximate surface area is 114 Å². The molecule has 0 radical (unpaired) electrons. The summed E-state index contributed by atoms with van der Waals surface area (Å²) in [6, 6.07) is 0. The van der Waals surface area contributed by atoms with Gasteiger partial charge in [0.05, 0.1) is 19.3 Å². The van der Waals surface area contributed by atoms with Gasteiger partial charge in [-0.25, -0.2) is 0 Å². The fourth-order valence-electron chi connectivity index (χ4n) is 1.50. The van der Waals surface area contributed by atoms with E-state index in [1.807, 2.05) is 6.92 Å². The van der Waals surface area contributed by atoms with Gasteiger partial charge in [0, 0.05) is 19.7 Å². The Morgan fingerprint density at radius 3 is 2.88 bits per heavy atom. The minimum absolute atomic E-state index is 0. The molecule has 5 nitrogen and oxygen atoms in total. The van der Waals surface area contributed by atoms with Crippen molar-refractivity contribution in [2.45, 2.75) is 25.9 Å². The van der Waals surface area contributed by atoms with E-state index in [9.17, 15) is 0 Å². The molecule has 0 saturated carbocycles. The lowest BCUT2D eigenvalue weighted by Crippen LogP contribution is -2.39. The van der Waals surface area contributed by atoms with Crippen LogP contribution in [0.5, 0.6) is 0 Å². The van der Waals surface area contributed by atoms with E-state index in [4.69, 9.17) is 9.84 Å². The van der Waals surface area contributed by atoms with Crippen molar-refractivity contribution in [2.75, 3.05) is 32.8 Å². The molecular weight excluding hydrogens is 321 g/mol. The van der Waals surface area contributed by atoms with Crippen LogP contribution in [0.2, 0.25) is 0 Å². The summed E-state index contributed by atoms with van der Waals surface area (Å²) in [4.78, 5) is 4.39. The summed E-state index contributed by atoms with van der Waals surface area (Å²) in [5.74, 6) is 0.752. The molecule has 1 aliphatic heterocycles. The standard InChI is InChI=1S/C10H21N3O2.HI/c1-2-11-10(12-5-6-14)13-8-9-4-3-7-15-9;/h9,14H,2-8H2,1H3,(H2,11,12,13);1H. The summed E-state index contributed by atoms with van der Waals surface area (Å²) < 4.78 is 5.47. The molecule has 96 valence electrons. The molecule has 1 atom stereocenters. The third-order valence-electron chi connectivity index (χ3n) is 2.23. The predicted octanol–water partition coefficient (Wildman–Crippen LogP) is 0.331. The van der Waals surface area contributed by atoms with Gasteiger partial charge in [-0.1, -0.05) is 0 Å². The van der Waals surface area contributed by atoms with Crippen LogP contribution < -0.4 is 10.6 Å². The molecule has 1 saturated heterocycles. The number of halogens is 1. The molecule has 1 unspecified atom stereocenters. The Bertz CT molecular complexity index is 197. The summed E-state index contributed by atoms with van der Waals surface area (Å²) in [5.41, 5.74) is 0. The van der Waals surface area contributed by atoms with Gasteiger partial charge < -0.3 is 20.5 Å². The van der Waals surface area contributed by atoms with Crippen molar-refractivity contribution >= 4 is 29.9 Å². The maximum atomic E-state index is 8.69. The van der Waals surface area contributed by atoms with Crippen LogP contribution in [0.15, 0.2) is 4.99 Å². The quantitative estimate of drug-likeness (QED) is 0.382. The minimum Gasteiger partial charge on any atom is -0.395 e. The van der Waals surface area contributed by atoms with E-state index < -0.39 is 0 Å². The Kier molecular flexibility index (Phi) is 10.0. The number of ether oxygens (including phenoxy) is 1. The molecule has 0 amide bonds. The molecule has 6 heteroatoms. The highest BCUT2D eigenvalue weighted by Crippen LogP contribution is 2.11. The normalized spacial score (nSPS) is 20.4. The van der Waals surface area contributed by atoms with E-state index >= 15 is 0 Å². The van der Waals surface area contributed by atoms with Crippen LogP contribution in [-0.4, -0.2) is 50.0 Å². The number of nitrogens with one attached hydrogen (secondary N) is 2. The van der Waals surface area contributed by atoms with Crippen molar-refractivity contribution < 1.29 is 9.84 Å². The molecular formula is C10H22IN3O2. The number of aliphatic imine (C=N–C) groups is 1. The number of aliphatic hydroxyl groups excluding tert-OH is 1. The number of nitrogens with zero attached hydrogens (tertiary/aromatic N) is 1. The van der Waals surface area contributed by atoms with Gasteiger partial charge in [0.2, 0.25) is 0 Å². The molecule has 0 aromatic heterocycles. The summed E-state index contributed by atoms with van der Waals surface area (Å²) in [6.45, 7) is 5.04. The average Bonchev–Trinajstić information content (AvgIpc) is 2.75. The first kappa shape index (κ1) is 15.9. The molecule has 1 aliphatic rings. The van der Waals surface area contributed by atoms with E-state index in [1.54, 1.807) is 0 Å². The van der Waals surface area contributed by atoms with Gasteiger partial charge in [0.1, 0.15) is 0 Å². The zero-order valence-electron chi connectivity index (χ0n) is 9.74. The van der Waals surface area contributed by atoms with E-state index in [0.29, 0.717) is 13.1 Å². The van der Waals surface area contributed by atoms with Crippen molar-refractivity contribution in [3.05, 3.63) is 0 Å². The van der Waals surface area contributed by atoms with Crippen LogP contribution in [0.3, 0.4) is 0 Å². The zero-order chi connectivity index (χ0) is 10.9. The summed E-state index contributed by atoms with van der Waals surface area (Å²) in [7, 11) is 0. The van der Waals surface area contributed by atoms with Gasteiger partial charge in [-0.2, -0.15) is 0 Å². The molecule has 0 aliphatic carbocycles. The lowest BCUT2D eigenvalue weighted by Gasteiger charge is -2.11. The van der Waals surface area contributed by atoms with Gasteiger partial charge in [-0.05, 0) is 19.8 Å². The number of hydrogen-bond donors (Lipinski definition) is 3. The Morgan fingerprint density at radius 1 is 1.50 bits per heavy atom. The summed E-state index contributed by atoms with van der Waals surface area (Å²) >= 11 is 0. The molecule has 16 heavy (non-hydrogen) atoms. The number of aliphatic hydroxyl groups is 1. The number of hydrogen-bond acceptors (Lipinski definition) is 3. The van der Waals surface area contributed by atoms with Gasteiger partial charge in [0.15, 0.2) is 5.96 Å². The van der Waals surface area contributed by atoms with Crippen molar-refractivity contribution in [3.63, 3.8) is 0 Å². The predicted molar refractivity (Wildman–Crippen MR) is 75.5 cm³/mol. The van der Waals surface area contributed by atoms with Gasteiger partial charge in [-0.3, -0.25) is 4.99 Å². The average molecular weight is 343 g/mol. The Hall–Kier alpha value is -0.0800. The van der Waals surface area contributed by atoms with Crippen LogP contribution in [0.4, 0.5) is 0 Å². The van der Waals surface area contributed by atoms with E-state index in [-0.39, 0.29) is 36.7 Å². The molecule has 1 rings (SSSR count). The first-order valence-electron chi connectivity index (χ1n) is 5.61. The first-order valence-corrected chi connectivity index (χ1v) is 5.61. The van der Waals surface area contributed by atoms with Crippen molar-refractivity contribution in [3.8, 4) is 0 Å². The molecule has 0 spiro atoms. The highest BCUT2D eigenvalue weighted by atomic mass is 127. The van der Waals surface area contributed by atoms with Crippen LogP contribution >= 0.6 is 24.0 Å². The number of guanidine groups is 1. The SMILES string of the molecule is CCNC(=NCC1CCCO1)NCCO.I. The molecule has 1 heterocycles. The van der Waals surface area contributed by atoms with Gasteiger partial charge in [0.25, 0.3) is 0 Å². The molecule has 0 bridgehead atoms. The summed E-state index contributed by atoms with van der Waals surface area (Å²) in [6.07, 6.45) is 2.51. The van der Waals surface area contributed by atoms with Crippen LogP contribution in [0, 0.1) is 0 Å². The second kappa shape index (κ2) is 10.1. The topological polar surface area (TPSA) is 65.9 Å². The molecule has 0 aromatic rings. The second-order valence-electron chi connectivity index (χ2n) is 3.51. The van der Waals surface area contributed by atoms with Crippen molar-refractivity contribution in [1.29, 1.82) is 0 Å². The van der Waals surface area contributed by atoms with Crippen LogP contribution in [0.25, 0.3) is 0 Å². The van der Waals surface area contributed by atoms with E-state index in [2.05, 4.69) is 15.6 Å². The monoisotopic (exact) mass is 343 g/mol. The fraction of sp³-hybridized carbons (Fsp3) is 0.900. The highest BCUT2D eigenvalue weighted by molar-refractivity contribution is 14.0. The lowest BCUT2D eigenvalue weighted by atomic mass is 10.2. The fourth-order valence-corrected chi connectivity index (χ4v) is 1.50. The van der Waals surface area contributed by atoms with Crippen LogP contribution in [0.1, 0.15) is 19.8 Å². The lowest BCUT2D eigenvalue weighted by molar-refractivity contribution is 0.117.